The van der Waals surface area contributed by atoms with Crippen LogP contribution in [0.3, 0.4) is 0 Å². The molecule has 9 nitrogen and oxygen atoms in total. The Morgan fingerprint density at radius 1 is 0.857 bits per heavy atom. The lowest BCUT2D eigenvalue weighted by molar-refractivity contribution is -0.258. The lowest BCUT2D eigenvalue weighted by atomic mass is 9.55. The number of unbranched alkanes of at least 4 members (excludes halogenated alkanes) is 10. The average Bonchev–Trinajstić information content (AvgIpc) is 3.39. The highest BCUT2D eigenvalue weighted by Gasteiger charge is 2.65. The van der Waals surface area contributed by atoms with Crippen molar-refractivity contribution in [1.82, 2.24) is 4.90 Å². The Morgan fingerprint density at radius 2 is 1.59 bits per heavy atom. The summed E-state index contributed by atoms with van der Waals surface area (Å²) < 4.78 is 21.5. The van der Waals surface area contributed by atoms with Crippen LogP contribution in [-0.2, 0) is 20.9 Å². The van der Waals surface area contributed by atoms with Crippen molar-refractivity contribution in [1.29, 1.82) is 0 Å². The number of aliphatic hydroxyl groups is 2. The molecular formula is C60H80N2O7S. The van der Waals surface area contributed by atoms with Gasteiger partial charge in [-0.2, -0.15) is 0 Å². The summed E-state index contributed by atoms with van der Waals surface area (Å²) in [5.74, 6) is 0.790. The van der Waals surface area contributed by atoms with E-state index in [0.29, 0.717) is 45.4 Å². The summed E-state index contributed by atoms with van der Waals surface area (Å²) >= 11 is 1.77. The SMILES string of the molecule is C=CCO[C@@]12Oc3ccc(OCCSc4ccccc4)cc3[C@H]3[C@H](CCCCO)[C@@H](CCCCO)C=C(C(=NOCC)C[C@@H]1N(Cc1cccc4ccccc14)C(=O)CCCCCCCCCCC)[C@H]32. The van der Waals surface area contributed by atoms with Crippen molar-refractivity contribution < 1.29 is 34.1 Å². The fourth-order valence-corrected chi connectivity index (χ4v) is 12.2. The molecule has 7 rings (SSSR count). The average molecular weight is 973 g/mol. The number of allylic oxidation sites excluding steroid dienone is 1. The molecule has 4 aromatic rings. The molecule has 1 aliphatic heterocycles. The van der Waals surface area contributed by atoms with Crippen LogP contribution in [0.2, 0.25) is 0 Å². The molecule has 378 valence electrons. The van der Waals surface area contributed by atoms with E-state index in [-0.39, 0.29) is 49.4 Å². The third kappa shape index (κ3) is 13.5. The standard InChI is InChI=1S/C60H80N2O7S/c1-4-7-8-9-10-11-12-13-17-33-57(65)62(44-47-28-24-27-45-25-18-19-31-50(45)47)56-43-54(61-68-6-3)52-41-46(26-20-22-36-63)51(32-21-23-37-64)58-53-42-48(66-39-40-70-49-29-15-14-16-30-49)34-35-55(53)69-60(56,59(52)58)67-38-5-2/h5,14-16,18-19,24-25,27-31,34-35,41-42,46,51,56,58-59,63-64H,2,4,6-13,17,20-23,26,32-33,36-40,43-44H2,1,3H3/t46-,51+,56-,58+,59+,60+/m0/s1. The molecule has 6 atom stereocenters. The first kappa shape index (κ1) is 53.2. The molecule has 1 amide bonds. The summed E-state index contributed by atoms with van der Waals surface area (Å²) in [5.41, 5.74) is 3.98. The zero-order valence-corrected chi connectivity index (χ0v) is 42.9. The van der Waals surface area contributed by atoms with Gasteiger partial charge >= 0.3 is 0 Å². The monoisotopic (exact) mass is 973 g/mol. The fraction of sp³-hybridized carbons (Fsp3) is 0.533. The van der Waals surface area contributed by atoms with E-state index < -0.39 is 11.8 Å². The number of hydrogen-bond donors (Lipinski definition) is 2. The molecule has 10 heteroatoms. The number of carbonyl (C=O) groups is 1. The molecule has 0 saturated heterocycles. The molecule has 0 aromatic heterocycles. The molecule has 1 heterocycles. The van der Waals surface area contributed by atoms with E-state index >= 15 is 4.79 Å². The number of hydrogen-bond acceptors (Lipinski definition) is 9. The molecule has 2 N–H and O–H groups in total. The van der Waals surface area contributed by atoms with Crippen molar-refractivity contribution in [2.45, 2.75) is 152 Å². The van der Waals surface area contributed by atoms with Gasteiger partial charge in [-0.1, -0.05) is 149 Å². The first-order valence-corrected chi connectivity index (χ1v) is 27.7. The summed E-state index contributed by atoms with van der Waals surface area (Å²) in [7, 11) is 0. The number of oxime groups is 1. The minimum Gasteiger partial charge on any atom is -0.493 e. The summed E-state index contributed by atoms with van der Waals surface area (Å²) in [5, 5.41) is 27.3. The maximum atomic E-state index is 15.4. The normalized spacial score (nSPS) is 21.9. The number of fused-ring (bicyclic) bond motifs is 3. The summed E-state index contributed by atoms with van der Waals surface area (Å²) in [6.45, 7) is 10.1. The number of nitrogens with zero attached hydrogens (tertiary/aromatic N) is 2. The van der Waals surface area contributed by atoms with Gasteiger partial charge in [0, 0.05) is 54.7 Å². The summed E-state index contributed by atoms with van der Waals surface area (Å²) in [4.78, 5) is 24.8. The molecule has 1 fully saturated rings. The molecular weight excluding hydrogens is 893 g/mol. The van der Waals surface area contributed by atoms with E-state index in [1.807, 2.05) is 25.1 Å². The Labute approximate surface area is 423 Å². The van der Waals surface area contributed by atoms with Gasteiger partial charge in [-0.05, 0) is 103 Å². The maximum absolute atomic E-state index is 15.4. The van der Waals surface area contributed by atoms with E-state index in [1.54, 1.807) is 17.8 Å². The van der Waals surface area contributed by atoms with Gasteiger partial charge in [0.2, 0.25) is 11.7 Å². The number of benzene rings is 4. The van der Waals surface area contributed by atoms with Gasteiger partial charge in [0.15, 0.2) is 0 Å². The Kier molecular flexibility index (Phi) is 21.2. The lowest BCUT2D eigenvalue weighted by Gasteiger charge is -2.60. The van der Waals surface area contributed by atoms with Gasteiger partial charge < -0.3 is 34.2 Å². The number of amides is 1. The van der Waals surface area contributed by atoms with E-state index in [2.05, 4.69) is 97.3 Å². The summed E-state index contributed by atoms with van der Waals surface area (Å²) in [6, 6.07) is 30.8. The van der Waals surface area contributed by atoms with Crippen LogP contribution in [0.4, 0.5) is 0 Å². The second-order valence-corrected chi connectivity index (χ2v) is 20.6. The van der Waals surface area contributed by atoms with Crippen molar-refractivity contribution >= 4 is 34.2 Å². The fourth-order valence-electron chi connectivity index (χ4n) is 11.4. The number of rotatable bonds is 31. The van der Waals surface area contributed by atoms with Crippen LogP contribution in [0.5, 0.6) is 11.5 Å². The first-order valence-electron chi connectivity index (χ1n) is 26.7. The van der Waals surface area contributed by atoms with Crippen LogP contribution in [0.1, 0.15) is 140 Å². The van der Waals surface area contributed by atoms with Crippen LogP contribution < -0.4 is 9.47 Å². The maximum Gasteiger partial charge on any atom is 0.239 e. The number of ether oxygens (including phenoxy) is 3. The van der Waals surface area contributed by atoms with Gasteiger partial charge in [0.05, 0.1) is 24.8 Å². The van der Waals surface area contributed by atoms with Crippen molar-refractivity contribution in [3.8, 4) is 11.5 Å². The van der Waals surface area contributed by atoms with Crippen molar-refractivity contribution in [3.63, 3.8) is 0 Å². The highest BCUT2D eigenvalue weighted by Crippen LogP contribution is 2.62. The minimum atomic E-state index is -1.33. The van der Waals surface area contributed by atoms with Crippen molar-refractivity contribution in [3.05, 3.63) is 126 Å². The van der Waals surface area contributed by atoms with E-state index in [4.69, 9.17) is 24.2 Å². The van der Waals surface area contributed by atoms with E-state index in [9.17, 15) is 10.2 Å². The zero-order valence-electron chi connectivity index (χ0n) is 42.1. The molecule has 0 spiro atoms. The molecule has 3 aliphatic rings. The van der Waals surface area contributed by atoms with Crippen LogP contribution in [0.25, 0.3) is 10.8 Å². The van der Waals surface area contributed by atoms with Crippen LogP contribution >= 0.6 is 11.8 Å². The number of carbonyl (C=O) groups excluding carboxylic acids is 1. The minimum absolute atomic E-state index is 0.0749. The predicted molar refractivity (Wildman–Crippen MR) is 286 cm³/mol. The van der Waals surface area contributed by atoms with Crippen LogP contribution in [-0.4, -0.2) is 77.3 Å². The molecule has 0 radical (unpaired) electrons. The Morgan fingerprint density at radius 3 is 2.34 bits per heavy atom. The molecule has 2 aliphatic carbocycles. The first-order chi connectivity index (χ1) is 34.5. The van der Waals surface area contributed by atoms with Crippen molar-refractivity contribution in [2.75, 3.05) is 38.8 Å². The summed E-state index contributed by atoms with van der Waals surface area (Å²) in [6.07, 6.45) is 20.4. The van der Waals surface area contributed by atoms with Crippen LogP contribution in [0.15, 0.2) is 125 Å². The number of aliphatic hydroxyl groups excluding tert-OH is 2. The Hall–Kier alpha value is -4.61. The third-order valence-electron chi connectivity index (χ3n) is 14.7. The lowest BCUT2D eigenvalue weighted by Crippen LogP contribution is -2.70. The topological polar surface area (TPSA) is 110 Å². The Bertz CT molecular complexity index is 2300. The highest BCUT2D eigenvalue weighted by atomic mass is 32.2. The number of thioether (sulfide) groups is 1. The molecule has 0 bridgehead atoms. The highest BCUT2D eigenvalue weighted by molar-refractivity contribution is 7.99. The quantitative estimate of drug-likeness (QED) is 0.0222. The Balaban J connectivity index is 1.34. The predicted octanol–water partition coefficient (Wildman–Crippen LogP) is 13.6. The van der Waals surface area contributed by atoms with Gasteiger partial charge in [-0.15, -0.1) is 18.3 Å². The zero-order chi connectivity index (χ0) is 49.0. The van der Waals surface area contributed by atoms with Crippen molar-refractivity contribution in [2.24, 2.45) is 22.9 Å². The van der Waals surface area contributed by atoms with Gasteiger partial charge in [-0.3, -0.25) is 4.79 Å². The van der Waals surface area contributed by atoms with E-state index in [1.165, 1.54) is 43.4 Å². The molecule has 1 saturated carbocycles. The smallest absolute Gasteiger partial charge is 0.239 e. The van der Waals surface area contributed by atoms with Gasteiger partial charge in [-0.25, -0.2) is 0 Å². The largest absolute Gasteiger partial charge is 0.493 e. The third-order valence-corrected chi connectivity index (χ3v) is 15.7. The van der Waals surface area contributed by atoms with Gasteiger partial charge in [0.1, 0.15) is 24.1 Å². The molecule has 70 heavy (non-hydrogen) atoms. The van der Waals surface area contributed by atoms with E-state index in [0.717, 1.165) is 95.4 Å². The molecule has 0 unspecified atom stereocenters. The van der Waals surface area contributed by atoms with Gasteiger partial charge in [0.25, 0.3) is 0 Å². The second-order valence-electron chi connectivity index (χ2n) is 19.4. The van der Waals surface area contributed by atoms with Crippen LogP contribution in [0, 0.1) is 17.8 Å². The molecule has 4 aromatic carbocycles. The second kappa shape index (κ2) is 27.8.